The lowest BCUT2D eigenvalue weighted by molar-refractivity contribution is -0.126. The molecule has 6 heteroatoms. The van der Waals surface area contributed by atoms with Crippen LogP contribution in [-0.4, -0.2) is 46.8 Å². The summed E-state index contributed by atoms with van der Waals surface area (Å²) in [6.07, 6.45) is 7.13. The number of carbonyl (C=O) groups is 1. The molecular weight excluding hydrogens is 384 g/mol. The van der Waals surface area contributed by atoms with E-state index in [4.69, 9.17) is 11.6 Å². The fraction of sp³-hybridized carbons (Fsp3) is 0.217. The average Bonchev–Trinajstić information content (AvgIpc) is 3.24. The molecule has 2 heterocycles. The first-order chi connectivity index (χ1) is 14.1. The summed E-state index contributed by atoms with van der Waals surface area (Å²) < 4.78 is 1.80. The van der Waals surface area contributed by atoms with E-state index in [1.807, 2.05) is 65.7 Å². The molecule has 0 bridgehead atoms. The molecule has 1 saturated heterocycles. The Morgan fingerprint density at radius 3 is 2.59 bits per heavy atom. The maximum Gasteiger partial charge on any atom is 0.246 e. The highest BCUT2D eigenvalue weighted by Crippen LogP contribution is 2.25. The summed E-state index contributed by atoms with van der Waals surface area (Å²) in [5, 5.41) is 5.10. The van der Waals surface area contributed by atoms with Crippen molar-refractivity contribution in [3.8, 4) is 5.69 Å². The van der Waals surface area contributed by atoms with Gasteiger partial charge in [-0.2, -0.15) is 5.10 Å². The molecule has 5 nitrogen and oxygen atoms in total. The highest BCUT2D eigenvalue weighted by molar-refractivity contribution is 6.30. The zero-order valence-electron chi connectivity index (χ0n) is 16.3. The fourth-order valence-corrected chi connectivity index (χ4v) is 3.67. The van der Waals surface area contributed by atoms with Crippen LogP contribution in [0.4, 0.5) is 5.69 Å². The van der Waals surface area contributed by atoms with Crippen molar-refractivity contribution in [1.82, 2.24) is 14.7 Å². The number of aryl methyl sites for hydroxylation is 1. The van der Waals surface area contributed by atoms with Gasteiger partial charge in [-0.3, -0.25) is 4.79 Å². The SMILES string of the molecule is Cc1ccc(Cl)cc1N1CCN(C(=O)/C=C/c2cnn(-c3ccccc3)c2)CC1. The maximum absolute atomic E-state index is 12.6. The first-order valence-corrected chi connectivity index (χ1v) is 10.1. The third-order valence-corrected chi connectivity index (χ3v) is 5.38. The Kier molecular flexibility index (Phi) is 5.67. The van der Waals surface area contributed by atoms with Gasteiger partial charge in [-0.1, -0.05) is 35.9 Å². The van der Waals surface area contributed by atoms with Gasteiger partial charge in [0, 0.05) is 54.7 Å². The van der Waals surface area contributed by atoms with Crippen molar-refractivity contribution in [3.05, 3.63) is 83.2 Å². The lowest BCUT2D eigenvalue weighted by Crippen LogP contribution is -2.48. The molecule has 1 aliphatic heterocycles. The quantitative estimate of drug-likeness (QED) is 0.610. The first kappa shape index (κ1) is 19.3. The maximum atomic E-state index is 12.6. The van der Waals surface area contributed by atoms with Gasteiger partial charge in [-0.25, -0.2) is 4.68 Å². The van der Waals surface area contributed by atoms with Crippen molar-refractivity contribution in [2.75, 3.05) is 31.1 Å². The Labute approximate surface area is 175 Å². The molecule has 1 amide bonds. The lowest BCUT2D eigenvalue weighted by atomic mass is 10.1. The highest BCUT2D eigenvalue weighted by atomic mass is 35.5. The van der Waals surface area contributed by atoms with E-state index in [0.29, 0.717) is 13.1 Å². The topological polar surface area (TPSA) is 41.4 Å². The van der Waals surface area contributed by atoms with Crippen molar-refractivity contribution < 1.29 is 4.79 Å². The van der Waals surface area contributed by atoms with Crippen LogP contribution in [0, 0.1) is 6.92 Å². The predicted molar refractivity (Wildman–Crippen MR) is 118 cm³/mol. The average molecular weight is 407 g/mol. The lowest BCUT2D eigenvalue weighted by Gasteiger charge is -2.36. The Bertz CT molecular complexity index is 1020. The molecule has 0 N–H and O–H groups in total. The molecule has 4 rings (SSSR count). The van der Waals surface area contributed by atoms with Crippen LogP contribution in [0.25, 0.3) is 11.8 Å². The highest BCUT2D eigenvalue weighted by Gasteiger charge is 2.21. The number of hydrogen-bond acceptors (Lipinski definition) is 3. The van der Waals surface area contributed by atoms with E-state index >= 15 is 0 Å². The molecule has 0 saturated carbocycles. The van der Waals surface area contributed by atoms with Crippen LogP contribution >= 0.6 is 11.6 Å². The Morgan fingerprint density at radius 2 is 1.83 bits per heavy atom. The molecule has 0 unspecified atom stereocenters. The van der Waals surface area contributed by atoms with Gasteiger partial charge >= 0.3 is 0 Å². The minimum absolute atomic E-state index is 0.0277. The van der Waals surface area contributed by atoms with Crippen LogP contribution in [0.1, 0.15) is 11.1 Å². The van der Waals surface area contributed by atoms with Gasteiger partial charge in [0.05, 0.1) is 11.9 Å². The Hall–Kier alpha value is -3.05. The number of carbonyl (C=O) groups excluding carboxylic acids is 1. The second-order valence-electron chi connectivity index (χ2n) is 7.13. The van der Waals surface area contributed by atoms with Gasteiger partial charge in [0.2, 0.25) is 5.91 Å². The number of nitrogens with zero attached hydrogens (tertiary/aromatic N) is 4. The number of amides is 1. The van der Waals surface area contributed by atoms with Crippen molar-refractivity contribution in [3.63, 3.8) is 0 Å². The molecule has 0 spiro atoms. The largest absolute Gasteiger partial charge is 0.368 e. The number of anilines is 1. The standard InChI is InChI=1S/C23H23ClN4O/c1-18-7-9-20(24)15-22(18)26-11-13-27(14-12-26)23(29)10-8-19-16-25-28(17-19)21-5-3-2-4-6-21/h2-10,15-17H,11-14H2,1H3/b10-8+. The molecule has 1 aromatic heterocycles. The summed E-state index contributed by atoms with van der Waals surface area (Å²) in [5.41, 5.74) is 4.24. The molecule has 0 atom stereocenters. The van der Waals surface area contributed by atoms with Crippen molar-refractivity contribution in [1.29, 1.82) is 0 Å². The van der Waals surface area contributed by atoms with Crippen LogP contribution in [0.2, 0.25) is 5.02 Å². The summed E-state index contributed by atoms with van der Waals surface area (Å²) >= 11 is 6.15. The third-order valence-electron chi connectivity index (χ3n) is 5.14. The molecule has 2 aromatic carbocycles. The van der Waals surface area contributed by atoms with Gasteiger partial charge in [0.25, 0.3) is 0 Å². The number of para-hydroxylation sites is 1. The van der Waals surface area contributed by atoms with Crippen LogP contribution in [0.15, 0.2) is 67.0 Å². The molecule has 1 aliphatic rings. The molecule has 3 aromatic rings. The van der Waals surface area contributed by atoms with E-state index < -0.39 is 0 Å². The van der Waals surface area contributed by atoms with E-state index in [0.717, 1.165) is 35.1 Å². The van der Waals surface area contributed by atoms with Gasteiger partial charge in [-0.05, 0) is 42.8 Å². The van der Waals surface area contributed by atoms with Crippen LogP contribution in [-0.2, 0) is 4.79 Å². The summed E-state index contributed by atoms with van der Waals surface area (Å²) in [6, 6.07) is 15.8. The van der Waals surface area contributed by atoms with E-state index in [2.05, 4.69) is 16.9 Å². The van der Waals surface area contributed by atoms with Crippen LogP contribution in [0.3, 0.4) is 0 Å². The van der Waals surface area contributed by atoms with Crippen molar-refractivity contribution >= 4 is 29.3 Å². The number of halogens is 1. The molecule has 1 fully saturated rings. The minimum Gasteiger partial charge on any atom is -0.368 e. The monoisotopic (exact) mass is 406 g/mol. The van der Waals surface area contributed by atoms with Gasteiger partial charge in [0.1, 0.15) is 0 Å². The Morgan fingerprint density at radius 1 is 1.07 bits per heavy atom. The number of piperazine rings is 1. The number of hydrogen-bond donors (Lipinski definition) is 0. The fourth-order valence-electron chi connectivity index (χ4n) is 3.51. The zero-order valence-corrected chi connectivity index (χ0v) is 17.1. The molecule has 29 heavy (non-hydrogen) atoms. The number of rotatable bonds is 4. The van der Waals surface area contributed by atoms with Gasteiger partial charge < -0.3 is 9.80 Å². The van der Waals surface area contributed by atoms with E-state index in [1.165, 1.54) is 5.56 Å². The summed E-state index contributed by atoms with van der Waals surface area (Å²) in [5.74, 6) is 0.0277. The molecule has 0 radical (unpaired) electrons. The van der Waals surface area contributed by atoms with E-state index in [1.54, 1.807) is 17.0 Å². The number of aromatic nitrogens is 2. The molecule has 148 valence electrons. The number of benzene rings is 2. The van der Waals surface area contributed by atoms with Crippen molar-refractivity contribution in [2.24, 2.45) is 0 Å². The Balaban J connectivity index is 1.35. The normalized spacial score (nSPS) is 14.6. The molecular formula is C23H23ClN4O. The van der Waals surface area contributed by atoms with Crippen LogP contribution < -0.4 is 4.90 Å². The van der Waals surface area contributed by atoms with Gasteiger partial charge in [0.15, 0.2) is 0 Å². The van der Waals surface area contributed by atoms with Crippen molar-refractivity contribution in [2.45, 2.75) is 6.92 Å². The zero-order chi connectivity index (χ0) is 20.2. The second kappa shape index (κ2) is 8.53. The van der Waals surface area contributed by atoms with Gasteiger partial charge in [-0.15, -0.1) is 0 Å². The summed E-state index contributed by atoms with van der Waals surface area (Å²) in [6.45, 7) is 5.07. The summed E-state index contributed by atoms with van der Waals surface area (Å²) in [4.78, 5) is 16.8. The smallest absolute Gasteiger partial charge is 0.246 e. The third kappa shape index (κ3) is 4.51. The first-order valence-electron chi connectivity index (χ1n) is 9.68. The van der Waals surface area contributed by atoms with E-state index in [9.17, 15) is 4.79 Å². The van der Waals surface area contributed by atoms with Crippen LogP contribution in [0.5, 0.6) is 0 Å². The van der Waals surface area contributed by atoms with E-state index in [-0.39, 0.29) is 5.91 Å². The second-order valence-corrected chi connectivity index (χ2v) is 7.57. The predicted octanol–water partition coefficient (Wildman–Crippen LogP) is 4.20. The minimum atomic E-state index is 0.0277. The molecule has 0 aliphatic carbocycles. The summed E-state index contributed by atoms with van der Waals surface area (Å²) in [7, 11) is 0.